The second-order valence-electron chi connectivity index (χ2n) is 3.93. The Kier molecular flexibility index (Phi) is 2.48. The number of rotatable bonds is 0. The van der Waals surface area contributed by atoms with Gasteiger partial charge in [0.05, 0.1) is 0 Å². The third-order valence-electron chi connectivity index (χ3n) is 2.96. The molecule has 0 saturated carbocycles. The van der Waals surface area contributed by atoms with Crippen molar-refractivity contribution < 1.29 is 4.79 Å². The highest BCUT2D eigenvalue weighted by Crippen LogP contribution is 2.31. The first kappa shape index (κ1) is 9.91. The second-order valence-corrected chi connectivity index (χ2v) is 4.78. The Morgan fingerprint density at radius 3 is 2.71 bits per heavy atom. The molecule has 1 aliphatic carbocycles. The summed E-state index contributed by atoms with van der Waals surface area (Å²) in [5, 5.41) is 0. The van der Waals surface area contributed by atoms with Crippen LogP contribution in [0.25, 0.3) is 0 Å². The lowest BCUT2D eigenvalue weighted by molar-refractivity contribution is 0.0971. The Balaban J connectivity index is 2.73. The molecule has 2 heteroatoms. The number of hydrogen-bond donors (Lipinski definition) is 0. The number of fused-ring (bicyclic) bond motifs is 1. The Morgan fingerprint density at radius 2 is 2.00 bits per heavy atom. The lowest BCUT2D eigenvalue weighted by Gasteiger charge is -2.20. The van der Waals surface area contributed by atoms with Crippen LogP contribution in [-0.2, 0) is 6.42 Å². The van der Waals surface area contributed by atoms with Gasteiger partial charge in [-0.3, -0.25) is 4.79 Å². The molecule has 0 aliphatic heterocycles. The Morgan fingerprint density at radius 1 is 1.29 bits per heavy atom. The van der Waals surface area contributed by atoms with Gasteiger partial charge in [-0.05, 0) is 49.4 Å². The van der Waals surface area contributed by atoms with E-state index in [1.165, 1.54) is 11.1 Å². The number of benzene rings is 1. The van der Waals surface area contributed by atoms with E-state index in [1.807, 2.05) is 6.92 Å². The first-order chi connectivity index (χ1) is 6.61. The number of Topliss-reactive ketones (excluding diaryl/α,β-unsaturated/α-hetero) is 1. The number of carbonyl (C=O) groups excluding carboxylic acids is 1. The molecule has 0 saturated heterocycles. The zero-order valence-electron chi connectivity index (χ0n) is 8.48. The van der Waals surface area contributed by atoms with Gasteiger partial charge in [-0.25, -0.2) is 0 Å². The quantitative estimate of drug-likeness (QED) is 0.690. The molecule has 0 unspecified atom stereocenters. The van der Waals surface area contributed by atoms with E-state index in [9.17, 15) is 4.79 Å². The number of aryl methyl sites for hydroxylation is 1. The van der Waals surface area contributed by atoms with Gasteiger partial charge in [0.25, 0.3) is 0 Å². The molecule has 0 atom stereocenters. The molecular weight excluding hydrogens is 240 g/mol. The van der Waals surface area contributed by atoms with Crippen molar-refractivity contribution in [1.82, 2.24) is 0 Å². The predicted octanol–water partition coefficient (Wildman–Crippen LogP) is 3.58. The minimum Gasteiger partial charge on any atom is -0.294 e. The van der Waals surface area contributed by atoms with Crippen molar-refractivity contribution >= 4 is 21.7 Å². The molecule has 1 aromatic rings. The molecule has 1 aliphatic rings. The van der Waals surface area contributed by atoms with Crippen molar-refractivity contribution in [2.24, 2.45) is 0 Å². The third kappa shape index (κ3) is 1.42. The van der Waals surface area contributed by atoms with Crippen LogP contribution in [0.15, 0.2) is 10.5 Å². The van der Waals surface area contributed by atoms with E-state index in [2.05, 4.69) is 28.9 Å². The van der Waals surface area contributed by atoms with Crippen LogP contribution in [0.2, 0.25) is 0 Å². The third-order valence-corrected chi connectivity index (χ3v) is 3.79. The zero-order chi connectivity index (χ0) is 10.3. The van der Waals surface area contributed by atoms with Gasteiger partial charge in [0, 0.05) is 16.5 Å². The SMILES string of the molecule is Cc1cc(Br)c(C)c2c1CCCC2=O. The summed E-state index contributed by atoms with van der Waals surface area (Å²) < 4.78 is 1.06. The summed E-state index contributed by atoms with van der Waals surface area (Å²) in [7, 11) is 0. The summed E-state index contributed by atoms with van der Waals surface area (Å²) in [6.07, 6.45) is 2.78. The fourth-order valence-electron chi connectivity index (χ4n) is 2.18. The van der Waals surface area contributed by atoms with Gasteiger partial charge in [0.1, 0.15) is 0 Å². The maximum Gasteiger partial charge on any atom is 0.163 e. The molecule has 0 amide bonds. The van der Waals surface area contributed by atoms with E-state index in [-0.39, 0.29) is 0 Å². The molecule has 0 radical (unpaired) electrons. The largest absolute Gasteiger partial charge is 0.294 e. The Labute approximate surface area is 92.6 Å². The molecule has 1 nitrogen and oxygen atoms in total. The smallest absolute Gasteiger partial charge is 0.163 e. The van der Waals surface area contributed by atoms with Gasteiger partial charge in [0.15, 0.2) is 5.78 Å². The number of hydrogen-bond acceptors (Lipinski definition) is 1. The average Bonchev–Trinajstić information content (AvgIpc) is 2.14. The maximum absolute atomic E-state index is 11.8. The molecular formula is C12H13BrO. The van der Waals surface area contributed by atoms with Gasteiger partial charge in [-0.15, -0.1) is 0 Å². The van der Waals surface area contributed by atoms with Crippen molar-refractivity contribution in [1.29, 1.82) is 0 Å². The first-order valence-corrected chi connectivity index (χ1v) is 5.72. The second kappa shape index (κ2) is 3.50. The highest BCUT2D eigenvalue weighted by molar-refractivity contribution is 9.10. The molecule has 1 aromatic carbocycles. The number of carbonyl (C=O) groups is 1. The molecule has 0 aromatic heterocycles. The minimum atomic E-state index is 0.313. The van der Waals surface area contributed by atoms with Crippen LogP contribution in [0.1, 0.15) is 39.9 Å². The predicted molar refractivity (Wildman–Crippen MR) is 60.9 cm³/mol. The van der Waals surface area contributed by atoms with Gasteiger partial charge in [-0.2, -0.15) is 0 Å². The molecule has 0 N–H and O–H groups in total. The maximum atomic E-state index is 11.8. The van der Waals surface area contributed by atoms with E-state index < -0.39 is 0 Å². The van der Waals surface area contributed by atoms with Crippen LogP contribution in [0.3, 0.4) is 0 Å². The van der Waals surface area contributed by atoms with Crippen molar-refractivity contribution in [3.63, 3.8) is 0 Å². The summed E-state index contributed by atoms with van der Waals surface area (Å²) in [4.78, 5) is 11.8. The minimum absolute atomic E-state index is 0.313. The van der Waals surface area contributed by atoms with Crippen LogP contribution in [0.4, 0.5) is 0 Å². The van der Waals surface area contributed by atoms with Crippen LogP contribution in [0, 0.1) is 13.8 Å². The molecule has 0 spiro atoms. The average molecular weight is 253 g/mol. The summed E-state index contributed by atoms with van der Waals surface area (Å²) in [6, 6.07) is 2.12. The Bertz CT molecular complexity index is 407. The van der Waals surface area contributed by atoms with Gasteiger partial charge in [0.2, 0.25) is 0 Å². The summed E-state index contributed by atoms with van der Waals surface area (Å²) >= 11 is 3.50. The molecule has 0 bridgehead atoms. The van der Waals surface area contributed by atoms with Gasteiger partial charge < -0.3 is 0 Å². The number of halogens is 1. The molecule has 0 heterocycles. The van der Waals surface area contributed by atoms with E-state index in [0.717, 1.165) is 28.4 Å². The number of ketones is 1. The van der Waals surface area contributed by atoms with Gasteiger partial charge >= 0.3 is 0 Å². The van der Waals surface area contributed by atoms with Gasteiger partial charge in [-0.1, -0.05) is 15.9 Å². The summed E-state index contributed by atoms with van der Waals surface area (Å²) in [5.74, 6) is 0.313. The standard InChI is InChI=1S/C12H13BrO/c1-7-6-10(13)8(2)12-9(7)4-3-5-11(12)14/h6H,3-5H2,1-2H3. The lowest BCUT2D eigenvalue weighted by atomic mass is 9.85. The Hall–Kier alpha value is -0.630. The van der Waals surface area contributed by atoms with Crippen LogP contribution in [0.5, 0.6) is 0 Å². The molecule has 2 rings (SSSR count). The molecule has 14 heavy (non-hydrogen) atoms. The van der Waals surface area contributed by atoms with E-state index >= 15 is 0 Å². The van der Waals surface area contributed by atoms with Crippen LogP contribution >= 0.6 is 15.9 Å². The fourth-order valence-corrected chi connectivity index (χ4v) is 2.72. The van der Waals surface area contributed by atoms with E-state index in [4.69, 9.17) is 0 Å². The summed E-state index contributed by atoms with van der Waals surface area (Å²) in [5.41, 5.74) is 4.59. The van der Waals surface area contributed by atoms with Crippen molar-refractivity contribution in [2.75, 3.05) is 0 Å². The highest BCUT2D eigenvalue weighted by Gasteiger charge is 2.21. The van der Waals surface area contributed by atoms with Crippen molar-refractivity contribution in [3.8, 4) is 0 Å². The topological polar surface area (TPSA) is 17.1 Å². The van der Waals surface area contributed by atoms with Crippen molar-refractivity contribution in [3.05, 3.63) is 32.8 Å². The van der Waals surface area contributed by atoms with E-state index in [1.54, 1.807) is 0 Å². The molecule has 74 valence electrons. The molecule has 0 fully saturated rings. The summed E-state index contributed by atoms with van der Waals surface area (Å²) in [6.45, 7) is 4.10. The lowest BCUT2D eigenvalue weighted by Crippen LogP contribution is -2.14. The van der Waals surface area contributed by atoms with E-state index in [0.29, 0.717) is 12.2 Å². The van der Waals surface area contributed by atoms with Crippen LogP contribution < -0.4 is 0 Å². The monoisotopic (exact) mass is 252 g/mol. The first-order valence-electron chi connectivity index (χ1n) is 4.93. The normalized spacial score (nSPS) is 15.5. The van der Waals surface area contributed by atoms with Crippen LogP contribution in [-0.4, -0.2) is 5.78 Å². The fraction of sp³-hybridized carbons (Fsp3) is 0.417. The van der Waals surface area contributed by atoms with Crippen molar-refractivity contribution in [2.45, 2.75) is 33.1 Å². The highest BCUT2D eigenvalue weighted by atomic mass is 79.9. The zero-order valence-corrected chi connectivity index (χ0v) is 10.1.